The van der Waals surface area contributed by atoms with Crippen molar-refractivity contribution in [3.05, 3.63) is 18.2 Å². The molecule has 3 aliphatic heterocycles. The van der Waals surface area contributed by atoms with E-state index >= 15 is 0 Å². The number of fused-ring (bicyclic) bond motifs is 3. The van der Waals surface area contributed by atoms with E-state index in [0.29, 0.717) is 19.3 Å². The number of nitrogens with zero attached hydrogens (tertiary/aromatic N) is 1. The molecule has 1 aromatic carbocycles. The quantitative estimate of drug-likeness (QED) is 0.881. The van der Waals surface area contributed by atoms with E-state index in [-0.39, 0.29) is 0 Å². The molecule has 102 valence electrons. The third-order valence-corrected chi connectivity index (χ3v) is 4.53. The van der Waals surface area contributed by atoms with Crippen LogP contribution in [0.1, 0.15) is 12.8 Å². The summed E-state index contributed by atoms with van der Waals surface area (Å²) < 4.78 is 11.2. The summed E-state index contributed by atoms with van der Waals surface area (Å²) in [5.74, 6) is 2.55. The molecular formula is C15H20N2O2. The third-order valence-electron chi connectivity index (χ3n) is 4.53. The lowest BCUT2D eigenvalue weighted by Crippen LogP contribution is -2.39. The number of anilines is 1. The first-order chi connectivity index (χ1) is 9.38. The van der Waals surface area contributed by atoms with Gasteiger partial charge in [-0.1, -0.05) is 0 Å². The van der Waals surface area contributed by atoms with Gasteiger partial charge < -0.3 is 19.7 Å². The molecule has 0 spiro atoms. The molecule has 3 heterocycles. The molecule has 1 N–H and O–H groups in total. The minimum atomic E-state index is 0.612. The van der Waals surface area contributed by atoms with E-state index in [1.165, 1.54) is 32.5 Å². The number of rotatable bonds is 2. The van der Waals surface area contributed by atoms with Crippen molar-refractivity contribution in [2.75, 3.05) is 38.2 Å². The number of hydrogen-bond acceptors (Lipinski definition) is 4. The van der Waals surface area contributed by atoms with Crippen LogP contribution in [0.5, 0.6) is 11.5 Å². The molecule has 0 radical (unpaired) electrons. The van der Waals surface area contributed by atoms with E-state index in [2.05, 4.69) is 22.3 Å². The van der Waals surface area contributed by atoms with E-state index in [1.807, 2.05) is 6.07 Å². The Morgan fingerprint density at radius 2 is 1.89 bits per heavy atom. The maximum atomic E-state index is 5.64. The van der Waals surface area contributed by atoms with Crippen LogP contribution in [0.2, 0.25) is 0 Å². The Bertz CT molecular complexity index is 477. The first kappa shape index (κ1) is 11.4. The van der Waals surface area contributed by atoms with Crippen LogP contribution in [-0.2, 0) is 0 Å². The molecule has 0 amide bonds. The molecule has 3 unspecified atom stereocenters. The number of piperidine rings is 1. The molecule has 0 aromatic heterocycles. The van der Waals surface area contributed by atoms with Gasteiger partial charge in [0.05, 0.1) is 0 Å². The van der Waals surface area contributed by atoms with Crippen LogP contribution >= 0.6 is 0 Å². The summed E-state index contributed by atoms with van der Waals surface area (Å²) in [6.07, 6.45) is 2.58. The average molecular weight is 260 g/mol. The second-order valence-electron chi connectivity index (χ2n) is 5.75. The lowest BCUT2D eigenvalue weighted by atomic mass is 9.94. The van der Waals surface area contributed by atoms with Gasteiger partial charge >= 0.3 is 0 Å². The highest BCUT2D eigenvalue weighted by molar-refractivity contribution is 5.55. The van der Waals surface area contributed by atoms with E-state index < -0.39 is 0 Å². The maximum absolute atomic E-state index is 5.64. The van der Waals surface area contributed by atoms with Gasteiger partial charge in [-0.15, -0.1) is 0 Å². The van der Waals surface area contributed by atoms with Gasteiger partial charge in [-0.3, -0.25) is 0 Å². The fourth-order valence-electron chi connectivity index (χ4n) is 3.49. The third kappa shape index (κ3) is 2.14. The van der Waals surface area contributed by atoms with E-state index in [1.54, 1.807) is 0 Å². The molecule has 0 aliphatic carbocycles. The SMILES string of the molecule is c1cc2c(cc1NC1CCN3CCC1C3)OCCO2. The van der Waals surface area contributed by atoms with Crippen molar-refractivity contribution in [1.29, 1.82) is 0 Å². The summed E-state index contributed by atoms with van der Waals surface area (Å²) in [7, 11) is 0. The number of hydrogen-bond donors (Lipinski definition) is 1. The summed E-state index contributed by atoms with van der Waals surface area (Å²) in [4.78, 5) is 2.58. The van der Waals surface area contributed by atoms with Gasteiger partial charge in [-0.2, -0.15) is 0 Å². The van der Waals surface area contributed by atoms with Crippen LogP contribution in [-0.4, -0.2) is 43.8 Å². The van der Waals surface area contributed by atoms with E-state index in [4.69, 9.17) is 9.47 Å². The second-order valence-corrected chi connectivity index (χ2v) is 5.75. The van der Waals surface area contributed by atoms with Crippen LogP contribution in [0.15, 0.2) is 18.2 Å². The molecule has 2 fully saturated rings. The molecular weight excluding hydrogens is 240 g/mol. The second kappa shape index (κ2) is 4.60. The van der Waals surface area contributed by atoms with Gasteiger partial charge in [-0.05, 0) is 37.4 Å². The van der Waals surface area contributed by atoms with Crippen LogP contribution in [0.4, 0.5) is 5.69 Å². The number of ether oxygens (including phenoxy) is 2. The van der Waals surface area contributed by atoms with E-state index in [0.717, 1.165) is 23.1 Å². The smallest absolute Gasteiger partial charge is 0.163 e. The minimum absolute atomic E-state index is 0.612. The van der Waals surface area contributed by atoms with E-state index in [9.17, 15) is 0 Å². The summed E-state index contributed by atoms with van der Waals surface area (Å²) in [6.45, 7) is 5.09. The molecule has 4 nitrogen and oxygen atoms in total. The first-order valence-corrected chi connectivity index (χ1v) is 7.27. The molecule has 4 rings (SSSR count). The summed E-state index contributed by atoms with van der Waals surface area (Å²) in [5, 5.41) is 3.70. The van der Waals surface area contributed by atoms with Crippen molar-refractivity contribution >= 4 is 5.69 Å². The Morgan fingerprint density at radius 1 is 1.05 bits per heavy atom. The van der Waals surface area contributed by atoms with Crippen molar-refractivity contribution in [3.8, 4) is 11.5 Å². The van der Waals surface area contributed by atoms with Crippen molar-refractivity contribution in [3.63, 3.8) is 0 Å². The summed E-state index contributed by atoms with van der Waals surface area (Å²) in [6, 6.07) is 6.81. The Hall–Kier alpha value is -1.42. The zero-order chi connectivity index (χ0) is 12.7. The fraction of sp³-hybridized carbons (Fsp3) is 0.600. The zero-order valence-corrected chi connectivity index (χ0v) is 11.1. The Labute approximate surface area is 113 Å². The summed E-state index contributed by atoms with van der Waals surface area (Å²) >= 11 is 0. The maximum Gasteiger partial charge on any atom is 0.163 e. The molecule has 0 saturated carbocycles. The Morgan fingerprint density at radius 3 is 2.84 bits per heavy atom. The highest BCUT2D eigenvalue weighted by Crippen LogP contribution is 2.35. The van der Waals surface area contributed by atoms with Crippen LogP contribution in [0.3, 0.4) is 0 Å². The Kier molecular flexibility index (Phi) is 2.76. The van der Waals surface area contributed by atoms with Gasteiger partial charge in [-0.25, -0.2) is 0 Å². The van der Waals surface area contributed by atoms with Crippen LogP contribution < -0.4 is 14.8 Å². The van der Waals surface area contributed by atoms with Crippen LogP contribution in [0, 0.1) is 5.92 Å². The first-order valence-electron chi connectivity index (χ1n) is 7.27. The van der Waals surface area contributed by atoms with Crippen molar-refractivity contribution in [2.45, 2.75) is 18.9 Å². The predicted molar refractivity (Wildman–Crippen MR) is 74.0 cm³/mol. The summed E-state index contributed by atoms with van der Waals surface area (Å²) in [5.41, 5.74) is 1.16. The van der Waals surface area contributed by atoms with Gasteiger partial charge in [0.2, 0.25) is 0 Å². The van der Waals surface area contributed by atoms with Crippen molar-refractivity contribution < 1.29 is 9.47 Å². The average Bonchev–Trinajstić information content (AvgIpc) is 2.85. The molecule has 2 bridgehead atoms. The van der Waals surface area contributed by atoms with Gasteiger partial charge in [0.25, 0.3) is 0 Å². The molecule has 19 heavy (non-hydrogen) atoms. The number of nitrogens with one attached hydrogen (secondary N) is 1. The highest BCUT2D eigenvalue weighted by Gasteiger charge is 2.34. The topological polar surface area (TPSA) is 33.7 Å². The molecule has 3 atom stereocenters. The largest absolute Gasteiger partial charge is 0.486 e. The van der Waals surface area contributed by atoms with Gasteiger partial charge in [0.15, 0.2) is 11.5 Å². The van der Waals surface area contributed by atoms with Crippen LogP contribution in [0.25, 0.3) is 0 Å². The van der Waals surface area contributed by atoms with Crippen molar-refractivity contribution in [1.82, 2.24) is 4.90 Å². The minimum Gasteiger partial charge on any atom is -0.486 e. The number of benzene rings is 1. The normalized spacial score (nSPS) is 32.1. The lowest BCUT2D eigenvalue weighted by Gasteiger charge is -2.32. The Balaban J connectivity index is 1.50. The van der Waals surface area contributed by atoms with Crippen molar-refractivity contribution in [2.24, 2.45) is 5.92 Å². The molecule has 4 heteroatoms. The molecule has 1 aromatic rings. The van der Waals surface area contributed by atoms with Gasteiger partial charge in [0, 0.05) is 30.9 Å². The molecule has 2 saturated heterocycles. The highest BCUT2D eigenvalue weighted by atomic mass is 16.6. The monoisotopic (exact) mass is 260 g/mol. The molecule has 3 aliphatic rings. The fourth-order valence-corrected chi connectivity index (χ4v) is 3.49. The zero-order valence-electron chi connectivity index (χ0n) is 11.1. The van der Waals surface area contributed by atoms with Gasteiger partial charge in [0.1, 0.15) is 13.2 Å². The lowest BCUT2D eigenvalue weighted by molar-refractivity contribution is 0.171. The predicted octanol–water partition coefficient (Wildman–Crippen LogP) is 1.96. The standard InChI is InChI=1S/C15H20N2O2/c1-2-14-15(19-8-7-18-14)9-12(1)16-13-4-6-17-5-3-11(13)10-17/h1-2,9,11,13,16H,3-8,10H2.